The number of hydrogen-bond acceptors (Lipinski definition) is 3. The maximum atomic E-state index is 11.8. The van der Waals surface area contributed by atoms with Gasteiger partial charge in [0.15, 0.2) is 5.96 Å². The van der Waals surface area contributed by atoms with Crippen molar-refractivity contribution < 1.29 is 4.79 Å². The molecule has 6 nitrogen and oxygen atoms in total. The predicted molar refractivity (Wildman–Crippen MR) is 122 cm³/mol. The monoisotopic (exact) mass is 407 g/mol. The lowest BCUT2D eigenvalue weighted by molar-refractivity contribution is 0.0963. The highest BCUT2D eigenvalue weighted by atomic mass is 16.1. The zero-order valence-corrected chi connectivity index (χ0v) is 18.1. The summed E-state index contributed by atoms with van der Waals surface area (Å²) in [6, 6.07) is 16.4. The fraction of sp³-hybridized carbons (Fsp3) is 0.417. The van der Waals surface area contributed by atoms with E-state index in [-0.39, 0.29) is 5.91 Å². The van der Waals surface area contributed by atoms with Gasteiger partial charge in [0.1, 0.15) is 0 Å². The van der Waals surface area contributed by atoms with E-state index in [0.29, 0.717) is 18.7 Å². The maximum absolute atomic E-state index is 11.8. The van der Waals surface area contributed by atoms with Gasteiger partial charge in [0.05, 0.1) is 6.54 Å². The molecule has 0 bridgehead atoms. The van der Waals surface area contributed by atoms with Gasteiger partial charge in [0, 0.05) is 32.2 Å². The number of carbonyl (C=O) groups is 1. The van der Waals surface area contributed by atoms with Gasteiger partial charge in [-0.25, -0.2) is 4.99 Å². The summed E-state index contributed by atoms with van der Waals surface area (Å²) < 4.78 is 0. The molecule has 30 heavy (non-hydrogen) atoms. The summed E-state index contributed by atoms with van der Waals surface area (Å²) in [4.78, 5) is 19.0. The molecule has 0 radical (unpaired) electrons. The highest BCUT2D eigenvalue weighted by molar-refractivity contribution is 5.94. The topological polar surface area (TPSA) is 68.8 Å². The standard InChI is InChI=1S/C24H33N5O/c1-3-26-24(28-17-21-7-6-8-22(15-21)23(30)25-2)27-16-19-9-11-20(12-10-19)18-29-13-4-5-14-29/h6-12,15H,3-5,13-14,16-18H2,1-2H3,(H,25,30)(H2,26,27,28). The molecule has 0 saturated carbocycles. The summed E-state index contributed by atoms with van der Waals surface area (Å²) in [5.41, 5.74) is 4.25. The molecule has 0 spiro atoms. The Labute approximate surface area is 179 Å². The molecule has 1 saturated heterocycles. The maximum Gasteiger partial charge on any atom is 0.251 e. The average Bonchev–Trinajstić information content (AvgIpc) is 3.29. The van der Waals surface area contributed by atoms with E-state index in [4.69, 9.17) is 0 Å². The van der Waals surface area contributed by atoms with E-state index < -0.39 is 0 Å². The molecule has 160 valence electrons. The molecule has 0 aromatic heterocycles. The van der Waals surface area contributed by atoms with E-state index >= 15 is 0 Å². The van der Waals surface area contributed by atoms with Gasteiger partial charge in [-0.3, -0.25) is 9.69 Å². The van der Waals surface area contributed by atoms with Crippen LogP contribution < -0.4 is 16.0 Å². The minimum atomic E-state index is -0.0842. The highest BCUT2D eigenvalue weighted by Crippen LogP contribution is 2.13. The zero-order chi connectivity index (χ0) is 21.2. The van der Waals surface area contributed by atoms with Crippen LogP contribution in [-0.4, -0.2) is 43.4 Å². The average molecular weight is 408 g/mol. The van der Waals surface area contributed by atoms with Crippen molar-refractivity contribution in [3.8, 4) is 0 Å². The van der Waals surface area contributed by atoms with E-state index in [2.05, 4.69) is 57.0 Å². The minimum Gasteiger partial charge on any atom is -0.357 e. The Bertz CT molecular complexity index is 841. The first-order chi connectivity index (χ1) is 14.7. The first kappa shape index (κ1) is 21.8. The SMILES string of the molecule is CCNC(=NCc1cccc(C(=O)NC)c1)NCc1ccc(CN2CCCC2)cc1. The molecule has 1 amide bonds. The lowest BCUT2D eigenvalue weighted by atomic mass is 10.1. The Morgan fingerprint density at radius 2 is 1.73 bits per heavy atom. The van der Waals surface area contributed by atoms with Gasteiger partial charge in [-0.2, -0.15) is 0 Å². The minimum absolute atomic E-state index is 0.0842. The van der Waals surface area contributed by atoms with Crippen LogP contribution in [0.3, 0.4) is 0 Å². The van der Waals surface area contributed by atoms with Crippen LogP contribution in [0, 0.1) is 0 Å². The van der Waals surface area contributed by atoms with Gasteiger partial charge in [-0.15, -0.1) is 0 Å². The van der Waals surface area contributed by atoms with Gasteiger partial charge in [0.25, 0.3) is 5.91 Å². The molecule has 0 aliphatic carbocycles. The molecule has 1 heterocycles. The van der Waals surface area contributed by atoms with Gasteiger partial charge in [0.2, 0.25) is 0 Å². The summed E-state index contributed by atoms with van der Waals surface area (Å²) in [5.74, 6) is 0.683. The van der Waals surface area contributed by atoms with Crippen molar-refractivity contribution in [1.29, 1.82) is 0 Å². The number of carbonyl (C=O) groups excluding carboxylic acids is 1. The molecule has 2 aromatic carbocycles. The Kier molecular flexibility index (Phi) is 8.27. The van der Waals surface area contributed by atoms with Gasteiger partial charge >= 0.3 is 0 Å². The van der Waals surface area contributed by atoms with Crippen LogP contribution in [0.2, 0.25) is 0 Å². The van der Waals surface area contributed by atoms with Crippen LogP contribution >= 0.6 is 0 Å². The van der Waals surface area contributed by atoms with Crippen molar-refractivity contribution in [2.24, 2.45) is 4.99 Å². The number of nitrogens with one attached hydrogen (secondary N) is 3. The fourth-order valence-corrected chi connectivity index (χ4v) is 3.61. The zero-order valence-electron chi connectivity index (χ0n) is 18.1. The van der Waals surface area contributed by atoms with Gasteiger partial charge in [-0.1, -0.05) is 36.4 Å². The molecule has 1 aliphatic heterocycles. The third-order valence-electron chi connectivity index (χ3n) is 5.27. The lowest BCUT2D eigenvalue weighted by Gasteiger charge is -2.15. The van der Waals surface area contributed by atoms with Crippen LogP contribution in [-0.2, 0) is 19.6 Å². The van der Waals surface area contributed by atoms with Crippen molar-refractivity contribution >= 4 is 11.9 Å². The van der Waals surface area contributed by atoms with E-state index in [1.54, 1.807) is 7.05 Å². The van der Waals surface area contributed by atoms with Crippen LogP contribution in [0.25, 0.3) is 0 Å². The summed E-state index contributed by atoms with van der Waals surface area (Å²) in [5, 5.41) is 9.34. The Morgan fingerprint density at radius 3 is 2.43 bits per heavy atom. The van der Waals surface area contributed by atoms with Crippen molar-refractivity contribution in [3.05, 3.63) is 70.8 Å². The van der Waals surface area contributed by atoms with Crippen LogP contribution in [0.1, 0.15) is 46.8 Å². The largest absolute Gasteiger partial charge is 0.357 e. The van der Waals surface area contributed by atoms with E-state index in [1.807, 2.05) is 24.3 Å². The Hall–Kier alpha value is -2.86. The molecule has 3 rings (SSSR count). The lowest BCUT2D eigenvalue weighted by Crippen LogP contribution is -2.36. The molecule has 0 atom stereocenters. The molecule has 1 aliphatic rings. The Balaban J connectivity index is 1.55. The summed E-state index contributed by atoms with van der Waals surface area (Å²) >= 11 is 0. The first-order valence-electron chi connectivity index (χ1n) is 10.8. The number of hydrogen-bond donors (Lipinski definition) is 3. The summed E-state index contributed by atoms with van der Waals surface area (Å²) in [6.45, 7) is 7.56. The van der Waals surface area contributed by atoms with Crippen molar-refractivity contribution in [2.75, 3.05) is 26.7 Å². The molecule has 1 fully saturated rings. The number of rotatable bonds is 8. The van der Waals surface area contributed by atoms with Gasteiger partial charge in [-0.05, 0) is 61.7 Å². The van der Waals surface area contributed by atoms with Crippen molar-refractivity contribution in [1.82, 2.24) is 20.9 Å². The smallest absolute Gasteiger partial charge is 0.251 e. The highest BCUT2D eigenvalue weighted by Gasteiger charge is 2.11. The van der Waals surface area contributed by atoms with Crippen molar-refractivity contribution in [3.63, 3.8) is 0 Å². The summed E-state index contributed by atoms with van der Waals surface area (Å²) in [6.07, 6.45) is 2.65. The van der Waals surface area contributed by atoms with E-state index in [9.17, 15) is 4.79 Å². The second kappa shape index (κ2) is 11.4. The van der Waals surface area contributed by atoms with Crippen molar-refractivity contribution in [2.45, 2.75) is 39.4 Å². The fourth-order valence-electron chi connectivity index (χ4n) is 3.61. The number of amides is 1. The van der Waals surface area contributed by atoms with Gasteiger partial charge < -0.3 is 16.0 Å². The second-order valence-corrected chi connectivity index (χ2v) is 7.63. The van der Waals surface area contributed by atoms with Crippen LogP contribution in [0.15, 0.2) is 53.5 Å². The normalized spacial score (nSPS) is 14.5. The Morgan fingerprint density at radius 1 is 1.00 bits per heavy atom. The predicted octanol–water partition coefficient (Wildman–Crippen LogP) is 2.90. The van der Waals surface area contributed by atoms with Crippen LogP contribution in [0.5, 0.6) is 0 Å². The quantitative estimate of drug-likeness (QED) is 0.465. The molecule has 3 N–H and O–H groups in total. The van der Waals surface area contributed by atoms with E-state index in [0.717, 1.165) is 24.6 Å². The van der Waals surface area contributed by atoms with E-state index in [1.165, 1.54) is 37.1 Å². The first-order valence-corrected chi connectivity index (χ1v) is 10.8. The molecular formula is C24H33N5O. The van der Waals surface area contributed by atoms with Crippen LogP contribution in [0.4, 0.5) is 0 Å². The summed E-state index contributed by atoms with van der Waals surface area (Å²) in [7, 11) is 1.64. The number of aliphatic imine (C=N–C) groups is 1. The molecule has 6 heteroatoms. The number of guanidine groups is 1. The number of nitrogens with zero attached hydrogens (tertiary/aromatic N) is 2. The third-order valence-corrected chi connectivity index (χ3v) is 5.27. The molecule has 2 aromatic rings. The third kappa shape index (κ3) is 6.59. The second-order valence-electron chi connectivity index (χ2n) is 7.63. The molecular weight excluding hydrogens is 374 g/mol. The molecule has 0 unspecified atom stereocenters. The number of benzene rings is 2. The number of likely N-dealkylation sites (tertiary alicyclic amines) is 1.